The molecule has 1 aromatic rings. The second-order valence-electron chi connectivity index (χ2n) is 4.89. The van der Waals surface area contributed by atoms with Gasteiger partial charge in [0.2, 0.25) is 0 Å². The van der Waals surface area contributed by atoms with Crippen molar-refractivity contribution in [3.05, 3.63) is 39.4 Å². The van der Waals surface area contributed by atoms with Gasteiger partial charge in [0, 0.05) is 36.8 Å². The van der Waals surface area contributed by atoms with Crippen molar-refractivity contribution in [3.63, 3.8) is 0 Å². The van der Waals surface area contributed by atoms with Gasteiger partial charge in [-0.25, -0.2) is 0 Å². The minimum atomic E-state index is -0.457. The predicted octanol–water partition coefficient (Wildman–Crippen LogP) is 1.47. The number of rotatable bonds is 2. The van der Waals surface area contributed by atoms with Gasteiger partial charge in [0.05, 0.1) is 4.92 Å². The van der Waals surface area contributed by atoms with Crippen LogP contribution in [-0.4, -0.2) is 34.9 Å². The minimum Gasteiger partial charge on any atom is -0.339 e. The van der Waals surface area contributed by atoms with Gasteiger partial charge >= 0.3 is 0 Å². The monoisotopic (exact) mass is 263 g/mol. The van der Waals surface area contributed by atoms with Gasteiger partial charge in [0.25, 0.3) is 11.6 Å². The van der Waals surface area contributed by atoms with Crippen LogP contribution in [0, 0.1) is 17.0 Å². The number of non-ortho nitro benzene ring substituents is 1. The van der Waals surface area contributed by atoms with Gasteiger partial charge in [-0.1, -0.05) is 0 Å². The summed E-state index contributed by atoms with van der Waals surface area (Å²) in [4.78, 5) is 24.3. The lowest BCUT2D eigenvalue weighted by Crippen LogP contribution is -2.43. The molecular formula is C13H17N3O3. The van der Waals surface area contributed by atoms with Crippen LogP contribution in [-0.2, 0) is 0 Å². The van der Waals surface area contributed by atoms with Gasteiger partial charge in [-0.05, 0) is 31.4 Å². The number of aryl methyl sites for hydroxylation is 1. The van der Waals surface area contributed by atoms with Crippen LogP contribution in [0.4, 0.5) is 5.69 Å². The third-order valence-corrected chi connectivity index (χ3v) is 3.48. The Morgan fingerprint density at radius 3 is 2.58 bits per heavy atom. The van der Waals surface area contributed by atoms with Crippen LogP contribution in [0.3, 0.4) is 0 Å². The molecule has 2 rings (SSSR count). The maximum absolute atomic E-state index is 12.3. The molecule has 1 fully saturated rings. The molecule has 0 atom stereocenters. The Kier molecular flexibility index (Phi) is 3.80. The van der Waals surface area contributed by atoms with E-state index in [9.17, 15) is 14.9 Å². The Hall–Kier alpha value is -1.95. The van der Waals surface area contributed by atoms with Crippen molar-refractivity contribution in [1.82, 2.24) is 4.90 Å². The summed E-state index contributed by atoms with van der Waals surface area (Å²) in [6.45, 7) is 3.02. The Bertz CT molecular complexity index is 508. The number of piperidine rings is 1. The topological polar surface area (TPSA) is 89.5 Å². The highest BCUT2D eigenvalue weighted by Crippen LogP contribution is 2.20. The molecule has 2 N–H and O–H groups in total. The fourth-order valence-electron chi connectivity index (χ4n) is 2.27. The Balaban J connectivity index is 2.17. The van der Waals surface area contributed by atoms with Gasteiger partial charge in [-0.3, -0.25) is 14.9 Å². The summed E-state index contributed by atoms with van der Waals surface area (Å²) >= 11 is 0. The van der Waals surface area contributed by atoms with Crippen molar-refractivity contribution in [1.29, 1.82) is 0 Å². The number of nitro groups is 1. The highest BCUT2D eigenvalue weighted by Gasteiger charge is 2.23. The van der Waals surface area contributed by atoms with Gasteiger partial charge in [0.15, 0.2) is 0 Å². The summed E-state index contributed by atoms with van der Waals surface area (Å²) in [5, 5.41) is 10.7. The Morgan fingerprint density at radius 2 is 2.05 bits per heavy atom. The van der Waals surface area contributed by atoms with E-state index in [4.69, 9.17) is 5.73 Å². The SMILES string of the molecule is Cc1cc([N+](=O)[O-])ccc1C(=O)N1CCC(N)CC1. The van der Waals surface area contributed by atoms with E-state index in [0.29, 0.717) is 24.2 Å². The van der Waals surface area contributed by atoms with Crippen LogP contribution >= 0.6 is 0 Å². The molecule has 0 aliphatic carbocycles. The summed E-state index contributed by atoms with van der Waals surface area (Å²) in [5.74, 6) is -0.0701. The van der Waals surface area contributed by atoms with E-state index < -0.39 is 4.92 Å². The number of hydrogen-bond donors (Lipinski definition) is 1. The van der Waals surface area contributed by atoms with Crippen molar-refractivity contribution >= 4 is 11.6 Å². The molecule has 1 aliphatic rings. The highest BCUT2D eigenvalue weighted by atomic mass is 16.6. The second-order valence-corrected chi connectivity index (χ2v) is 4.89. The van der Waals surface area contributed by atoms with E-state index in [0.717, 1.165) is 12.8 Å². The molecule has 1 amide bonds. The van der Waals surface area contributed by atoms with Crippen molar-refractivity contribution in [2.75, 3.05) is 13.1 Å². The van der Waals surface area contributed by atoms with Crippen LogP contribution in [0.5, 0.6) is 0 Å². The zero-order valence-electron chi connectivity index (χ0n) is 10.8. The van der Waals surface area contributed by atoms with Gasteiger partial charge < -0.3 is 10.6 Å². The average Bonchev–Trinajstić information content (AvgIpc) is 2.38. The summed E-state index contributed by atoms with van der Waals surface area (Å²) in [5.41, 5.74) is 6.98. The summed E-state index contributed by atoms with van der Waals surface area (Å²) < 4.78 is 0. The molecule has 0 aromatic heterocycles. The Labute approximate surface area is 111 Å². The van der Waals surface area contributed by atoms with E-state index in [1.54, 1.807) is 11.8 Å². The van der Waals surface area contributed by atoms with Gasteiger partial charge in [0.1, 0.15) is 0 Å². The summed E-state index contributed by atoms with van der Waals surface area (Å²) in [7, 11) is 0. The molecule has 0 spiro atoms. The molecule has 0 radical (unpaired) electrons. The molecule has 1 heterocycles. The van der Waals surface area contributed by atoms with E-state index in [1.807, 2.05) is 0 Å². The number of nitrogens with two attached hydrogens (primary N) is 1. The van der Waals surface area contributed by atoms with E-state index in [1.165, 1.54) is 18.2 Å². The first-order chi connectivity index (χ1) is 8.99. The van der Waals surface area contributed by atoms with E-state index >= 15 is 0 Å². The lowest BCUT2D eigenvalue weighted by atomic mass is 10.0. The first-order valence-corrected chi connectivity index (χ1v) is 6.29. The third-order valence-electron chi connectivity index (χ3n) is 3.48. The van der Waals surface area contributed by atoms with Crippen LogP contribution in [0.25, 0.3) is 0 Å². The molecule has 6 heteroatoms. The molecule has 6 nitrogen and oxygen atoms in total. The normalized spacial score (nSPS) is 16.4. The minimum absolute atomic E-state index is 0.00900. The third kappa shape index (κ3) is 2.90. The fraction of sp³-hybridized carbons (Fsp3) is 0.462. The fourth-order valence-corrected chi connectivity index (χ4v) is 2.27. The van der Waals surface area contributed by atoms with Crippen LogP contribution in [0.1, 0.15) is 28.8 Å². The quantitative estimate of drug-likeness (QED) is 0.646. The number of hydrogen-bond acceptors (Lipinski definition) is 4. The number of nitrogens with zero attached hydrogens (tertiary/aromatic N) is 2. The number of nitro benzene ring substituents is 1. The maximum atomic E-state index is 12.3. The Morgan fingerprint density at radius 1 is 1.42 bits per heavy atom. The lowest BCUT2D eigenvalue weighted by molar-refractivity contribution is -0.384. The number of likely N-dealkylation sites (tertiary alicyclic amines) is 1. The molecule has 0 bridgehead atoms. The van der Waals surface area contributed by atoms with Gasteiger partial charge in [-0.15, -0.1) is 0 Å². The van der Waals surface area contributed by atoms with Crippen LogP contribution < -0.4 is 5.73 Å². The first-order valence-electron chi connectivity index (χ1n) is 6.29. The molecule has 1 aromatic carbocycles. The number of benzene rings is 1. The van der Waals surface area contributed by atoms with Crippen molar-refractivity contribution in [3.8, 4) is 0 Å². The van der Waals surface area contributed by atoms with Crippen LogP contribution in [0.15, 0.2) is 18.2 Å². The number of carbonyl (C=O) groups is 1. The predicted molar refractivity (Wildman–Crippen MR) is 70.9 cm³/mol. The zero-order chi connectivity index (χ0) is 14.0. The highest BCUT2D eigenvalue weighted by molar-refractivity contribution is 5.96. The molecular weight excluding hydrogens is 246 g/mol. The molecule has 1 aliphatic heterocycles. The van der Waals surface area contributed by atoms with E-state index in [2.05, 4.69) is 0 Å². The zero-order valence-corrected chi connectivity index (χ0v) is 10.8. The van der Waals surface area contributed by atoms with Gasteiger partial charge in [-0.2, -0.15) is 0 Å². The molecule has 1 saturated heterocycles. The van der Waals surface area contributed by atoms with E-state index in [-0.39, 0.29) is 17.6 Å². The first kappa shape index (κ1) is 13.5. The number of amides is 1. The summed E-state index contributed by atoms with van der Waals surface area (Å²) in [6.07, 6.45) is 1.61. The second kappa shape index (κ2) is 5.36. The van der Waals surface area contributed by atoms with Crippen molar-refractivity contribution in [2.24, 2.45) is 5.73 Å². The number of carbonyl (C=O) groups excluding carboxylic acids is 1. The van der Waals surface area contributed by atoms with Crippen LogP contribution in [0.2, 0.25) is 0 Å². The molecule has 102 valence electrons. The smallest absolute Gasteiger partial charge is 0.269 e. The largest absolute Gasteiger partial charge is 0.339 e. The summed E-state index contributed by atoms with van der Waals surface area (Å²) in [6, 6.07) is 4.50. The molecule has 0 unspecified atom stereocenters. The van der Waals surface area contributed by atoms with Crippen molar-refractivity contribution < 1.29 is 9.72 Å². The van der Waals surface area contributed by atoms with Crippen molar-refractivity contribution in [2.45, 2.75) is 25.8 Å². The molecule has 19 heavy (non-hydrogen) atoms. The standard InChI is InChI=1S/C13H17N3O3/c1-9-8-11(16(18)19)2-3-12(9)13(17)15-6-4-10(14)5-7-15/h2-3,8,10H,4-7,14H2,1H3. The maximum Gasteiger partial charge on any atom is 0.269 e. The molecule has 0 saturated carbocycles. The average molecular weight is 263 g/mol. The lowest BCUT2D eigenvalue weighted by Gasteiger charge is -2.30.